The first-order valence-corrected chi connectivity index (χ1v) is 7.94. The number of halogens is 1. The third-order valence-electron chi connectivity index (χ3n) is 3.99. The monoisotopic (exact) mass is 292 g/mol. The second kappa shape index (κ2) is 8.13. The number of amides is 1. The highest BCUT2D eigenvalue weighted by molar-refractivity contribution is 5.76. The van der Waals surface area contributed by atoms with Gasteiger partial charge in [0.05, 0.1) is 0 Å². The second-order valence-electron chi connectivity index (χ2n) is 5.76. The van der Waals surface area contributed by atoms with Crippen LogP contribution >= 0.6 is 0 Å². The van der Waals surface area contributed by atoms with Crippen molar-refractivity contribution < 1.29 is 9.18 Å². The van der Waals surface area contributed by atoms with Crippen LogP contribution in [-0.2, 0) is 11.2 Å². The van der Waals surface area contributed by atoms with Gasteiger partial charge in [0.2, 0.25) is 5.91 Å². The van der Waals surface area contributed by atoms with E-state index in [0.717, 1.165) is 37.9 Å². The molecule has 1 N–H and O–H groups in total. The van der Waals surface area contributed by atoms with E-state index in [4.69, 9.17) is 0 Å². The number of hydrogen-bond donors (Lipinski definition) is 1. The first-order valence-electron chi connectivity index (χ1n) is 7.94. The number of carbonyl (C=O) groups is 1. The number of hydrogen-bond acceptors (Lipinski definition) is 2. The third kappa shape index (κ3) is 5.12. The number of rotatable bonds is 7. The van der Waals surface area contributed by atoms with Crippen molar-refractivity contribution in [2.45, 2.75) is 45.1 Å². The van der Waals surface area contributed by atoms with E-state index in [1.54, 1.807) is 12.1 Å². The summed E-state index contributed by atoms with van der Waals surface area (Å²) in [6.07, 6.45) is 4.50. The zero-order chi connectivity index (χ0) is 15.1. The van der Waals surface area contributed by atoms with Crippen molar-refractivity contribution in [3.05, 3.63) is 35.6 Å². The first kappa shape index (κ1) is 16.0. The molecule has 2 rings (SSSR count). The van der Waals surface area contributed by atoms with Gasteiger partial charge >= 0.3 is 0 Å². The number of nitrogens with one attached hydrogen (secondary N) is 1. The largest absolute Gasteiger partial charge is 0.342 e. The summed E-state index contributed by atoms with van der Waals surface area (Å²) in [7, 11) is 0. The maximum Gasteiger partial charge on any atom is 0.224 e. The molecule has 3 nitrogen and oxygen atoms in total. The maximum absolute atomic E-state index is 13.2. The van der Waals surface area contributed by atoms with Gasteiger partial charge in [-0.05, 0) is 49.9 Å². The topological polar surface area (TPSA) is 32.3 Å². The van der Waals surface area contributed by atoms with Crippen molar-refractivity contribution in [2.75, 3.05) is 19.6 Å². The van der Waals surface area contributed by atoms with Crippen molar-refractivity contribution >= 4 is 5.91 Å². The van der Waals surface area contributed by atoms with Crippen LogP contribution in [0.4, 0.5) is 4.39 Å². The minimum Gasteiger partial charge on any atom is -0.342 e. The Labute approximate surface area is 126 Å². The average Bonchev–Trinajstić information content (AvgIpc) is 2.96. The van der Waals surface area contributed by atoms with Crippen molar-refractivity contribution in [3.63, 3.8) is 0 Å². The summed E-state index contributed by atoms with van der Waals surface area (Å²) in [4.78, 5) is 14.3. The molecule has 0 spiro atoms. The standard InChI is InChI=1S/C17H25FN2O/c1-2-10-20(17(21)13-16-7-4-9-19-16)11-8-14-5-3-6-15(18)12-14/h3,5-6,12,16,19H,2,4,7-11,13H2,1H3. The van der Waals surface area contributed by atoms with Crippen molar-refractivity contribution in [1.29, 1.82) is 0 Å². The lowest BCUT2D eigenvalue weighted by atomic mass is 10.1. The van der Waals surface area contributed by atoms with Crippen LogP contribution in [0.25, 0.3) is 0 Å². The van der Waals surface area contributed by atoms with Gasteiger partial charge in [0.15, 0.2) is 0 Å². The molecule has 1 saturated heterocycles. The van der Waals surface area contributed by atoms with Gasteiger partial charge in [-0.1, -0.05) is 19.1 Å². The molecule has 0 aliphatic carbocycles. The predicted molar refractivity (Wildman–Crippen MR) is 82.6 cm³/mol. The molecule has 1 amide bonds. The van der Waals surface area contributed by atoms with Crippen LogP contribution in [-0.4, -0.2) is 36.5 Å². The van der Waals surface area contributed by atoms with E-state index in [2.05, 4.69) is 12.2 Å². The molecule has 1 heterocycles. The molecule has 4 heteroatoms. The molecule has 21 heavy (non-hydrogen) atoms. The highest BCUT2D eigenvalue weighted by atomic mass is 19.1. The fourth-order valence-electron chi connectivity index (χ4n) is 2.86. The van der Waals surface area contributed by atoms with Crippen LogP contribution in [0.5, 0.6) is 0 Å². The summed E-state index contributed by atoms with van der Waals surface area (Å²) >= 11 is 0. The van der Waals surface area contributed by atoms with Gasteiger partial charge in [0.1, 0.15) is 5.82 Å². The van der Waals surface area contributed by atoms with Gasteiger partial charge in [0.25, 0.3) is 0 Å². The Morgan fingerprint density at radius 2 is 2.29 bits per heavy atom. The first-order chi connectivity index (χ1) is 10.2. The Balaban J connectivity index is 1.86. The molecule has 0 saturated carbocycles. The minimum atomic E-state index is -0.212. The lowest BCUT2D eigenvalue weighted by molar-refractivity contribution is -0.131. The summed E-state index contributed by atoms with van der Waals surface area (Å²) in [6, 6.07) is 6.97. The van der Waals surface area contributed by atoms with Gasteiger partial charge < -0.3 is 10.2 Å². The molecule has 0 aromatic heterocycles. The van der Waals surface area contributed by atoms with Crippen LogP contribution in [0, 0.1) is 5.82 Å². The Morgan fingerprint density at radius 1 is 1.43 bits per heavy atom. The lowest BCUT2D eigenvalue weighted by Crippen LogP contribution is -2.37. The van der Waals surface area contributed by atoms with E-state index < -0.39 is 0 Å². The normalized spacial score (nSPS) is 17.9. The maximum atomic E-state index is 13.2. The highest BCUT2D eigenvalue weighted by Gasteiger charge is 2.21. The fourth-order valence-corrected chi connectivity index (χ4v) is 2.86. The Bertz CT molecular complexity index is 458. The van der Waals surface area contributed by atoms with Crippen molar-refractivity contribution in [1.82, 2.24) is 10.2 Å². The summed E-state index contributed by atoms with van der Waals surface area (Å²) < 4.78 is 13.2. The second-order valence-corrected chi connectivity index (χ2v) is 5.76. The fraction of sp³-hybridized carbons (Fsp3) is 0.588. The SMILES string of the molecule is CCCN(CCc1cccc(F)c1)C(=O)CC1CCCN1. The van der Waals surface area contributed by atoms with Gasteiger partial charge in [-0.15, -0.1) is 0 Å². The van der Waals surface area contributed by atoms with E-state index in [-0.39, 0.29) is 11.7 Å². The summed E-state index contributed by atoms with van der Waals surface area (Å²) in [5.74, 6) is 0.00340. The van der Waals surface area contributed by atoms with Gasteiger partial charge in [-0.25, -0.2) is 4.39 Å². The summed E-state index contributed by atoms with van der Waals surface area (Å²) in [5.41, 5.74) is 0.947. The smallest absolute Gasteiger partial charge is 0.224 e. The molecule has 116 valence electrons. The average molecular weight is 292 g/mol. The molecular weight excluding hydrogens is 267 g/mol. The van der Waals surface area contributed by atoms with E-state index in [9.17, 15) is 9.18 Å². The van der Waals surface area contributed by atoms with Crippen molar-refractivity contribution in [2.24, 2.45) is 0 Å². The van der Waals surface area contributed by atoms with Gasteiger partial charge in [-0.3, -0.25) is 4.79 Å². The molecule has 1 aliphatic rings. The molecule has 1 unspecified atom stereocenters. The zero-order valence-electron chi connectivity index (χ0n) is 12.8. The van der Waals surface area contributed by atoms with Crippen LogP contribution in [0.3, 0.4) is 0 Å². The van der Waals surface area contributed by atoms with Crippen LogP contribution in [0.15, 0.2) is 24.3 Å². The van der Waals surface area contributed by atoms with Crippen molar-refractivity contribution in [3.8, 4) is 0 Å². The molecule has 0 bridgehead atoms. The molecule has 1 fully saturated rings. The molecule has 1 aromatic carbocycles. The Morgan fingerprint density at radius 3 is 2.95 bits per heavy atom. The Kier molecular flexibility index (Phi) is 6.18. The summed E-state index contributed by atoms with van der Waals surface area (Å²) in [6.45, 7) is 4.55. The predicted octanol–water partition coefficient (Wildman–Crippen LogP) is 2.75. The van der Waals surface area contributed by atoms with E-state index >= 15 is 0 Å². The van der Waals surface area contributed by atoms with Crippen LogP contribution < -0.4 is 5.32 Å². The van der Waals surface area contributed by atoms with E-state index in [0.29, 0.717) is 25.4 Å². The lowest BCUT2D eigenvalue weighted by Gasteiger charge is -2.24. The van der Waals surface area contributed by atoms with E-state index in [1.165, 1.54) is 6.07 Å². The number of nitrogens with zero attached hydrogens (tertiary/aromatic N) is 1. The van der Waals surface area contributed by atoms with Crippen LogP contribution in [0.2, 0.25) is 0 Å². The minimum absolute atomic E-state index is 0.212. The molecule has 0 radical (unpaired) electrons. The van der Waals surface area contributed by atoms with E-state index in [1.807, 2.05) is 11.0 Å². The van der Waals surface area contributed by atoms with Gasteiger partial charge in [-0.2, -0.15) is 0 Å². The summed E-state index contributed by atoms with van der Waals surface area (Å²) in [5, 5.41) is 3.37. The molecule has 1 atom stereocenters. The third-order valence-corrected chi connectivity index (χ3v) is 3.99. The molecular formula is C17H25FN2O. The zero-order valence-corrected chi connectivity index (χ0v) is 12.8. The van der Waals surface area contributed by atoms with Crippen LogP contribution in [0.1, 0.15) is 38.2 Å². The highest BCUT2D eigenvalue weighted by Crippen LogP contribution is 2.12. The quantitative estimate of drug-likeness (QED) is 0.838. The number of carbonyl (C=O) groups excluding carboxylic acids is 1. The number of benzene rings is 1. The Hall–Kier alpha value is -1.42. The van der Waals surface area contributed by atoms with Gasteiger partial charge in [0, 0.05) is 25.6 Å². The molecule has 1 aliphatic heterocycles. The molecule has 1 aromatic rings.